The second-order valence-electron chi connectivity index (χ2n) is 6.34. The Morgan fingerprint density at radius 3 is 2.57 bits per heavy atom. The molecular formula is C15H25N3O3. The van der Waals surface area contributed by atoms with Crippen molar-refractivity contribution < 1.29 is 14.7 Å². The Hall–Kier alpha value is -1.85. The van der Waals surface area contributed by atoms with Crippen LogP contribution in [0.2, 0.25) is 0 Å². The molecule has 1 atom stereocenters. The fourth-order valence-corrected chi connectivity index (χ4v) is 2.29. The van der Waals surface area contributed by atoms with Gasteiger partial charge in [-0.1, -0.05) is 20.8 Å². The summed E-state index contributed by atoms with van der Waals surface area (Å²) in [7, 11) is 0. The number of rotatable bonds is 8. The van der Waals surface area contributed by atoms with Gasteiger partial charge in [0.25, 0.3) is 0 Å². The van der Waals surface area contributed by atoms with E-state index in [1.807, 2.05) is 0 Å². The lowest BCUT2D eigenvalue weighted by Crippen LogP contribution is -2.32. The minimum atomic E-state index is -0.771. The zero-order chi connectivity index (χ0) is 15.9. The van der Waals surface area contributed by atoms with Gasteiger partial charge >= 0.3 is 5.97 Å². The lowest BCUT2D eigenvalue weighted by molar-refractivity contribution is -0.137. The van der Waals surface area contributed by atoms with E-state index < -0.39 is 5.97 Å². The van der Waals surface area contributed by atoms with Crippen LogP contribution in [0.3, 0.4) is 0 Å². The van der Waals surface area contributed by atoms with Gasteiger partial charge in [0, 0.05) is 25.4 Å². The molecule has 0 aromatic carbocycles. The van der Waals surface area contributed by atoms with Crippen molar-refractivity contribution in [3.63, 3.8) is 0 Å². The van der Waals surface area contributed by atoms with Gasteiger partial charge in [-0.25, -0.2) is 0 Å². The maximum Gasteiger partial charge on any atom is 0.303 e. The Balaban J connectivity index is 2.35. The molecule has 1 aromatic heterocycles. The minimum Gasteiger partial charge on any atom is -0.481 e. The molecule has 1 aromatic rings. The van der Waals surface area contributed by atoms with Gasteiger partial charge in [0.2, 0.25) is 5.91 Å². The van der Waals surface area contributed by atoms with Crippen molar-refractivity contribution >= 4 is 11.9 Å². The number of aliphatic carboxylic acids is 1. The molecule has 1 heterocycles. The number of nitrogens with one attached hydrogen (secondary N) is 1. The van der Waals surface area contributed by atoms with Crippen LogP contribution in [0.1, 0.15) is 40.0 Å². The number of hydrogen-bond acceptors (Lipinski definition) is 3. The van der Waals surface area contributed by atoms with Crippen LogP contribution in [-0.2, 0) is 16.1 Å². The van der Waals surface area contributed by atoms with E-state index in [9.17, 15) is 9.59 Å². The van der Waals surface area contributed by atoms with Gasteiger partial charge < -0.3 is 10.4 Å². The van der Waals surface area contributed by atoms with E-state index in [1.165, 1.54) is 0 Å². The summed E-state index contributed by atoms with van der Waals surface area (Å²) in [4.78, 5) is 22.5. The van der Waals surface area contributed by atoms with E-state index >= 15 is 0 Å². The molecule has 21 heavy (non-hydrogen) atoms. The number of carbonyl (C=O) groups is 2. The summed E-state index contributed by atoms with van der Waals surface area (Å²) < 4.78 is 1.57. The molecule has 0 radical (unpaired) electrons. The molecule has 0 aliphatic heterocycles. The Morgan fingerprint density at radius 2 is 2.05 bits per heavy atom. The Kier molecular flexibility index (Phi) is 6.39. The van der Waals surface area contributed by atoms with Crippen LogP contribution in [0.15, 0.2) is 18.5 Å². The molecule has 0 saturated heterocycles. The van der Waals surface area contributed by atoms with Crippen molar-refractivity contribution in [3.05, 3.63) is 18.5 Å². The topological polar surface area (TPSA) is 84.2 Å². The van der Waals surface area contributed by atoms with Crippen molar-refractivity contribution in [2.24, 2.45) is 11.3 Å². The number of nitrogens with zero attached hydrogens (tertiary/aromatic N) is 2. The van der Waals surface area contributed by atoms with Crippen LogP contribution in [0, 0.1) is 11.3 Å². The summed E-state index contributed by atoms with van der Waals surface area (Å²) in [5, 5.41) is 15.6. The summed E-state index contributed by atoms with van der Waals surface area (Å²) in [5.74, 6) is -0.588. The lowest BCUT2D eigenvalue weighted by atomic mass is 9.76. The first-order valence-electron chi connectivity index (χ1n) is 7.25. The van der Waals surface area contributed by atoms with Gasteiger partial charge in [-0.15, -0.1) is 0 Å². The Bertz CT molecular complexity index is 449. The minimum absolute atomic E-state index is 0.0299. The van der Waals surface area contributed by atoms with E-state index in [4.69, 9.17) is 5.11 Å². The number of hydrogen-bond donors (Lipinski definition) is 2. The van der Waals surface area contributed by atoms with E-state index in [0.717, 1.165) is 6.42 Å². The smallest absolute Gasteiger partial charge is 0.303 e. The maximum absolute atomic E-state index is 11.7. The predicted molar refractivity (Wildman–Crippen MR) is 79.7 cm³/mol. The average molecular weight is 295 g/mol. The van der Waals surface area contributed by atoms with Gasteiger partial charge in [0.05, 0.1) is 0 Å². The SMILES string of the molecule is CC(C)(C)C(CCNC(=O)Cn1cccn1)CCC(=O)O. The highest BCUT2D eigenvalue weighted by atomic mass is 16.4. The fourth-order valence-electron chi connectivity index (χ4n) is 2.29. The zero-order valence-corrected chi connectivity index (χ0v) is 13.0. The third kappa shape index (κ3) is 6.92. The second-order valence-corrected chi connectivity index (χ2v) is 6.34. The number of aromatic nitrogens is 2. The maximum atomic E-state index is 11.7. The Labute approximate surface area is 125 Å². The van der Waals surface area contributed by atoms with E-state index in [2.05, 4.69) is 31.2 Å². The normalized spacial score (nSPS) is 12.9. The first kappa shape index (κ1) is 17.2. The number of carboxylic acids is 1. The van der Waals surface area contributed by atoms with Crippen molar-refractivity contribution in [1.29, 1.82) is 0 Å². The molecule has 118 valence electrons. The van der Waals surface area contributed by atoms with Crippen molar-refractivity contribution in [2.45, 2.75) is 46.6 Å². The molecule has 0 spiro atoms. The first-order chi connectivity index (χ1) is 9.79. The van der Waals surface area contributed by atoms with Crippen LogP contribution in [0.25, 0.3) is 0 Å². The molecule has 6 nitrogen and oxygen atoms in total. The average Bonchev–Trinajstić information content (AvgIpc) is 2.84. The van der Waals surface area contributed by atoms with Gasteiger partial charge in [-0.05, 0) is 30.2 Å². The standard InChI is InChI=1S/C15H25N3O3/c1-15(2,3)12(5-6-14(20)21)7-9-16-13(19)11-18-10-4-8-17-18/h4,8,10,12H,5-7,9,11H2,1-3H3,(H,16,19)(H,20,21). The number of carbonyl (C=O) groups excluding carboxylic acids is 1. The highest BCUT2D eigenvalue weighted by molar-refractivity contribution is 5.75. The molecule has 6 heteroatoms. The monoisotopic (exact) mass is 295 g/mol. The van der Waals surface area contributed by atoms with Crippen molar-refractivity contribution in [1.82, 2.24) is 15.1 Å². The summed E-state index contributed by atoms with van der Waals surface area (Å²) in [6, 6.07) is 1.77. The molecule has 1 unspecified atom stereocenters. The van der Waals surface area contributed by atoms with Crippen LogP contribution in [0.5, 0.6) is 0 Å². The van der Waals surface area contributed by atoms with Crippen molar-refractivity contribution in [3.8, 4) is 0 Å². The molecule has 2 N–H and O–H groups in total. The molecule has 1 rings (SSSR count). The first-order valence-corrected chi connectivity index (χ1v) is 7.25. The molecular weight excluding hydrogens is 270 g/mol. The van der Waals surface area contributed by atoms with E-state index in [1.54, 1.807) is 23.1 Å². The third-order valence-corrected chi connectivity index (χ3v) is 3.61. The molecule has 0 fully saturated rings. The predicted octanol–water partition coefficient (Wildman–Crippen LogP) is 1.92. The summed E-state index contributed by atoms with van der Waals surface area (Å²) >= 11 is 0. The second kappa shape index (κ2) is 7.81. The highest BCUT2D eigenvalue weighted by Crippen LogP contribution is 2.32. The Morgan fingerprint density at radius 1 is 1.33 bits per heavy atom. The number of amides is 1. The summed E-state index contributed by atoms with van der Waals surface area (Å²) in [5.41, 5.74) is 0.0299. The van der Waals surface area contributed by atoms with Gasteiger partial charge in [-0.3, -0.25) is 14.3 Å². The van der Waals surface area contributed by atoms with E-state index in [0.29, 0.717) is 13.0 Å². The van der Waals surface area contributed by atoms with Crippen LogP contribution in [0.4, 0.5) is 0 Å². The van der Waals surface area contributed by atoms with Gasteiger partial charge in [0.15, 0.2) is 0 Å². The summed E-state index contributed by atoms with van der Waals surface area (Å²) in [6.45, 7) is 7.07. The fraction of sp³-hybridized carbons (Fsp3) is 0.667. The molecule has 0 saturated carbocycles. The van der Waals surface area contributed by atoms with E-state index in [-0.39, 0.29) is 30.2 Å². The molecule has 1 amide bonds. The zero-order valence-electron chi connectivity index (χ0n) is 13.0. The van der Waals surface area contributed by atoms with Crippen LogP contribution >= 0.6 is 0 Å². The highest BCUT2D eigenvalue weighted by Gasteiger charge is 2.24. The quantitative estimate of drug-likeness (QED) is 0.767. The number of carboxylic acid groups (broad SMARTS) is 1. The lowest BCUT2D eigenvalue weighted by Gasteiger charge is -2.30. The van der Waals surface area contributed by atoms with Gasteiger partial charge in [-0.2, -0.15) is 5.10 Å². The molecule has 0 aliphatic carbocycles. The van der Waals surface area contributed by atoms with Crippen molar-refractivity contribution in [2.75, 3.05) is 6.54 Å². The van der Waals surface area contributed by atoms with Crippen LogP contribution < -0.4 is 5.32 Å². The van der Waals surface area contributed by atoms with Crippen LogP contribution in [-0.4, -0.2) is 33.3 Å². The third-order valence-electron chi connectivity index (χ3n) is 3.61. The summed E-state index contributed by atoms with van der Waals surface area (Å²) in [6.07, 6.45) is 4.96. The largest absolute Gasteiger partial charge is 0.481 e. The molecule has 0 aliphatic rings. The van der Waals surface area contributed by atoms with Gasteiger partial charge in [0.1, 0.15) is 6.54 Å². The molecule has 0 bridgehead atoms.